The molecule has 0 aromatic heterocycles. The minimum Gasteiger partial charge on any atom is -0.399 e. The summed E-state index contributed by atoms with van der Waals surface area (Å²) in [6, 6.07) is 15.4. The van der Waals surface area contributed by atoms with Crippen LogP contribution in [0.3, 0.4) is 0 Å². The van der Waals surface area contributed by atoms with Crippen molar-refractivity contribution >= 4 is 17.3 Å². The van der Waals surface area contributed by atoms with E-state index in [-0.39, 0.29) is 5.91 Å². The minimum atomic E-state index is -0.127. The van der Waals surface area contributed by atoms with Gasteiger partial charge in [0.05, 0.1) is 0 Å². The molecule has 0 saturated carbocycles. The number of nitrogens with two attached hydrogens (primary N) is 1. The smallest absolute Gasteiger partial charge is 0.255 e. The fourth-order valence-electron chi connectivity index (χ4n) is 2.48. The second-order valence-electron chi connectivity index (χ2n) is 5.93. The summed E-state index contributed by atoms with van der Waals surface area (Å²) in [5.74, 6) is -0.127. The number of amides is 1. The lowest BCUT2D eigenvalue weighted by atomic mass is 10.1. The lowest BCUT2D eigenvalue weighted by Gasteiger charge is -2.24. The molecular weight excluding hydrogens is 286 g/mol. The fraction of sp³-hybridized carbons (Fsp3) is 0.316. The molecule has 0 spiro atoms. The number of nitrogens with zero attached hydrogens (tertiary/aromatic N) is 1. The Morgan fingerprint density at radius 2 is 1.87 bits per heavy atom. The lowest BCUT2D eigenvalue weighted by molar-refractivity contribution is 0.102. The van der Waals surface area contributed by atoms with Gasteiger partial charge >= 0.3 is 0 Å². The number of anilines is 2. The van der Waals surface area contributed by atoms with Gasteiger partial charge in [0, 0.05) is 29.5 Å². The Labute approximate surface area is 138 Å². The first-order valence-corrected chi connectivity index (χ1v) is 7.99. The van der Waals surface area contributed by atoms with Crippen molar-refractivity contribution in [2.24, 2.45) is 0 Å². The number of carbonyl (C=O) groups is 1. The predicted molar refractivity (Wildman–Crippen MR) is 96.5 cm³/mol. The lowest BCUT2D eigenvalue weighted by Crippen LogP contribution is -2.29. The van der Waals surface area contributed by atoms with Crippen molar-refractivity contribution in [1.82, 2.24) is 4.90 Å². The fourth-order valence-corrected chi connectivity index (χ4v) is 2.48. The van der Waals surface area contributed by atoms with E-state index in [9.17, 15) is 4.79 Å². The molecule has 0 heterocycles. The van der Waals surface area contributed by atoms with Crippen molar-refractivity contribution in [2.75, 3.05) is 17.6 Å². The Kier molecular flexibility index (Phi) is 5.77. The molecule has 0 atom stereocenters. The van der Waals surface area contributed by atoms with E-state index in [1.54, 1.807) is 12.1 Å². The molecule has 0 saturated heterocycles. The molecule has 2 aromatic rings. The molecule has 0 unspecified atom stereocenters. The molecule has 0 aliphatic carbocycles. The third kappa shape index (κ3) is 4.83. The van der Waals surface area contributed by atoms with Crippen molar-refractivity contribution < 1.29 is 4.79 Å². The molecule has 3 N–H and O–H groups in total. The number of nitrogen functional groups attached to an aromatic ring is 1. The number of nitrogens with one attached hydrogen (secondary N) is 1. The van der Waals surface area contributed by atoms with Crippen molar-refractivity contribution in [3.8, 4) is 0 Å². The van der Waals surface area contributed by atoms with Gasteiger partial charge in [-0.2, -0.15) is 0 Å². The molecule has 0 aliphatic heterocycles. The zero-order chi connectivity index (χ0) is 16.8. The number of benzene rings is 2. The summed E-state index contributed by atoms with van der Waals surface area (Å²) in [7, 11) is 0. The minimum absolute atomic E-state index is 0.127. The highest BCUT2D eigenvalue weighted by Gasteiger charge is 2.09. The topological polar surface area (TPSA) is 58.4 Å². The monoisotopic (exact) mass is 311 g/mol. The Hall–Kier alpha value is -2.33. The maximum absolute atomic E-state index is 12.3. The first-order chi connectivity index (χ1) is 11.0. The van der Waals surface area contributed by atoms with Crippen molar-refractivity contribution in [3.05, 3.63) is 59.7 Å². The first-order valence-electron chi connectivity index (χ1n) is 7.99. The number of hydrogen-bond donors (Lipinski definition) is 2. The normalized spacial score (nSPS) is 11.0. The van der Waals surface area contributed by atoms with E-state index < -0.39 is 0 Å². The van der Waals surface area contributed by atoms with Gasteiger partial charge in [-0.15, -0.1) is 0 Å². The van der Waals surface area contributed by atoms with Gasteiger partial charge in [0.25, 0.3) is 5.91 Å². The van der Waals surface area contributed by atoms with E-state index in [0.29, 0.717) is 23.0 Å². The summed E-state index contributed by atoms with van der Waals surface area (Å²) in [6.45, 7) is 8.45. The molecule has 23 heavy (non-hydrogen) atoms. The van der Waals surface area contributed by atoms with E-state index >= 15 is 0 Å². The van der Waals surface area contributed by atoms with Crippen LogP contribution in [0, 0.1) is 0 Å². The summed E-state index contributed by atoms with van der Waals surface area (Å²) in [4.78, 5) is 14.6. The number of rotatable bonds is 6. The van der Waals surface area contributed by atoms with Crippen LogP contribution in [0.1, 0.15) is 36.7 Å². The van der Waals surface area contributed by atoms with Crippen molar-refractivity contribution in [1.29, 1.82) is 0 Å². The van der Waals surface area contributed by atoms with Crippen LogP contribution in [0.25, 0.3) is 0 Å². The highest BCUT2D eigenvalue weighted by Crippen LogP contribution is 2.14. The van der Waals surface area contributed by atoms with Crippen LogP contribution in [0.15, 0.2) is 48.5 Å². The third-order valence-corrected chi connectivity index (χ3v) is 3.88. The molecule has 1 amide bonds. The molecule has 0 fully saturated rings. The largest absolute Gasteiger partial charge is 0.399 e. The Morgan fingerprint density at radius 1 is 1.17 bits per heavy atom. The summed E-state index contributed by atoms with van der Waals surface area (Å²) in [5.41, 5.74) is 8.91. The van der Waals surface area contributed by atoms with Crippen LogP contribution in [0.4, 0.5) is 11.4 Å². The molecule has 0 bridgehead atoms. The van der Waals surface area contributed by atoms with Crippen LogP contribution >= 0.6 is 0 Å². The van der Waals surface area contributed by atoms with Crippen LogP contribution in [0.2, 0.25) is 0 Å². The van der Waals surface area contributed by atoms with Gasteiger partial charge in [0.1, 0.15) is 0 Å². The Morgan fingerprint density at radius 3 is 2.43 bits per heavy atom. The SMILES string of the molecule is CCN(Cc1ccc(C(=O)Nc2cccc(N)c2)cc1)C(C)C. The summed E-state index contributed by atoms with van der Waals surface area (Å²) in [5, 5.41) is 2.86. The van der Waals surface area contributed by atoms with Crippen molar-refractivity contribution in [2.45, 2.75) is 33.4 Å². The van der Waals surface area contributed by atoms with Gasteiger partial charge < -0.3 is 11.1 Å². The molecule has 4 nitrogen and oxygen atoms in total. The molecule has 122 valence electrons. The quantitative estimate of drug-likeness (QED) is 0.799. The average Bonchev–Trinajstić information content (AvgIpc) is 2.52. The van der Waals surface area contributed by atoms with Gasteiger partial charge in [0.15, 0.2) is 0 Å². The zero-order valence-corrected chi connectivity index (χ0v) is 14.0. The molecule has 4 heteroatoms. The molecule has 2 rings (SSSR count). The molecular formula is C19H25N3O. The van der Waals surface area contributed by atoms with E-state index in [1.807, 2.05) is 36.4 Å². The second kappa shape index (κ2) is 7.79. The van der Waals surface area contributed by atoms with Gasteiger partial charge in [-0.05, 0) is 56.3 Å². The van der Waals surface area contributed by atoms with Crippen LogP contribution in [-0.4, -0.2) is 23.4 Å². The number of hydrogen-bond acceptors (Lipinski definition) is 3. The number of carbonyl (C=O) groups excluding carboxylic acids is 1. The zero-order valence-electron chi connectivity index (χ0n) is 14.0. The standard InChI is InChI=1S/C19H25N3O/c1-4-22(14(2)3)13-15-8-10-16(11-9-15)19(23)21-18-7-5-6-17(20)12-18/h5-12,14H,4,13,20H2,1-3H3,(H,21,23). The van der Waals surface area contributed by atoms with E-state index in [0.717, 1.165) is 13.1 Å². The van der Waals surface area contributed by atoms with Gasteiger partial charge in [0.2, 0.25) is 0 Å². The summed E-state index contributed by atoms with van der Waals surface area (Å²) in [6.07, 6.45) is 0. The average molecular weight is 311 g/mol. The van der Waals surface area contributed by atoms with Crippen LogP contribution in [0.5, 0.6) is 0 Å². The van der Waals surface area contributed by atoms with Gasteiger partial charge in [-0.25, -0.2) is 0 Å². The second-order valence-corrected chi connectivity index (χ2v) is 5.93. The highest BCUT2D eigenvalue weighted by molar-refractivity contribution is 6.04. The van der Waals surface area contributed by atoms with E-state index in [4.69, 9.17) is 5.73 Å². The van der Waals surface area contributed by atoms with Gasteiger partial charge in [-0.1, -0.05) is 25.1 Å². The summed E-state index contributed by atoms with van der Waals surface area (Å²) < 4.78 is 0. The van der Waals surface area contributed by atoms with Crippen LogP contribution < -0.4 is 11.1 Å². The summed E-state index contributed by atoms with van der Waals surface area (Å²) >= 11 is 0. The molecule has 0 radical (unpaired) electrons. The first kappa shape index (κ1) is 17.0. The van der Waals surface area contributed by atoms with Crippen LogP contribution in [-0.2, 0) is 6.54 Å². The molecule has 0 aliphatic rings. The van der Waals surface area contributed by atoms with E-state index in [2.05, 4.69) is 31.0 Å². The maximum Gasteiger partial charge on any atom is 0.255 e. The highest BCUT2D eigenvalue weighted by atomic mass is 16.1. The predicted octanol–water partition coefficient (Wildman–Crippen LogP) is 3.75. The maximum atomic E-state index is 12.3. The van der Waals surface area contributed by atoms with E-state index in [1.165, 1.54) is 5.56 Å². The van der Waals surface area contributed by atoms with Crippen molar-refractivity contribution in [3.63, 3.8) is 0 Å². The third-order valence-electron chi connectivity index (χ3n) is 3.88. The van der Waals surface area contributed by atoms with Gasteiger partial charge in [-0.3, -0.25) is 9.69 Å². The molecule has 2 aromatic carbocycles. The Bertz CT molecular complexity index is 650. The Balaban J connectivity index is 2.02.